The molecule has 1 aromatic carbocycles. The largest absolute Gasteiger partial charge is 0.368 e. The summed E-state index contributed by atoms with van der Waals surface area (Å²) in [4.78, 5) is 19.7. The van der Waals surface area contributed by atoms with E-state index in [9.17, 15) is 4.79 Å². The molecule has 2 rings (SSSR count). The van der Waals surface area contributed by atoms with E-state index in [0.717, 1.165) is 28.1 Å². The molecule has 0 fully saturated rings. The molecule has 106 valence electrons. The van der Waals surface area contributed by atoms with Crippen molar-refractivity contribution in [3.63, 3.8) is 0 Å². The summed E-state index contributed by atoms with van der Waals surface area (Å²) in [6, 6.07) is 7.90. The molecule has 20 heavy (non-hydrogen) atoms. The fraction of sp³-hybridized carbons (Fsp3) is 0.357. The number of nitrogens with two attached hydrogens (primary N) is 2. The molecular weight excluding hydrogens is 272 g/mol. The molecular formula is C14H18N4OS. The average molecular weight is 290 g/mol. The number of amides is 1. The van der Waals surface area contributed by atoms with Crippen molar-refractivity contribution < 1.29 is 4.79 Å². The number of carbonyl (C=O) groups excluding carboxylic acids is 1. The molecule has 0 saturated heterocycles. The minimum atomic E-state index is -0.936. The van der Waals surface area contributed by atoms with Crippen LogP contribution in [0.15, 0.2) is 35.6 Å². The zero-order valence-corrected chi connectivity index (χ0v) is 12.2. The zero-order valence-electron chi connectivity index (χ0n) is 11.4. The summed E-state index contributed by atoms with van der Waals surface area (Å²) in [5.74, 6) is 0.371. The van der Waals surface area contributed by atoms with Gasteiger partial charge in [-0.25, -0.2) is 9.97 Å². The molecule has 4 N–H and O–H groups in total. The van der Waals surface area contributed by atoms with Gasteiger partial charge in [0.2, 0.25) is 5.91 Å². The maximum atomic E-state index is 11.1. The normalized spacial score (nSPS) is 14.1. The Bertz CT molecular complexity index is 610. The van der Waals surface area contributed by atoms with Crippen LogP contribution in [0.25, 0.3) is 10.9 Å². The van der Waals surface area contributed by atoms with Crippen LogP contribution >= 0.6 is 11.8 Å². The lowest BCUT2D eigenvalue weighted by Crippen LogP contribution is -2.49. The molecule has 5 nitrogen and oxygen atoms in total. The lowest BCUT2D eigenvalue weighted by molar-refractivity contribution is -0.122. The molecule has 1 amide bonds. The minimum absolute atomic E-state index is 0.463. The van der Waals surface area contributed by atoms with Crippen LogP contribution in [0.3, 0.4) is 0 Å². The van der Waals surface area contributed by atoms with Gasteiger partial charge in [-0.3, -0.25) is 4.79 Å². The molecule has 1 aromatic heterocycles. The highest BCUT2D eigenvalue weighted by atomic mass is 32.2. The fourth-order valence-electron chi connectivity index (χ4n) is 1.83. The molecule has 0 aliphatic carbocycles. The number of nitrogens with zero attached hydrogens (tertiary/aromatic N) is 2. The summed E-state index contributed by atoms with van der Waals surface area (Å²) in [6.07, 6.45) is 2.94. The molecule has 0 spiro atoms. The van der Waals surface area contributed by atoms with Crippen molar-refractivity contribution in [2.24, 2.45) is 11.5 Å². The Kier molecular flexibility index (Phi) is 4.57. The van der Waals surface area contributed by atoms with Gasteiger partial charge in [-0.2, -0.15) is 0 Å². The van der Waals surface area contributed by atoms with E-state index in [2.05, 4.69) is 9.97 Å². The topological polar surface area (TPSA) is 94.9 Å². The SMILES string of the molecule is CC(N)(CCCSc1ncnc2ccccc12)C(N)=O. The monoisotopic (exact) mass is 290 g/mol. The number of hydrogen-bond donors (Lipinski definition) is 2. The molecule has 0 saturated carbocycles. The molecule has 0 bridgehead atoms. The number of carbonyl (C=O) groups is 1. The van der Waals surface area contributed by atoms with Gasteiger partial charge in [-0.05, 0) is 31.6 Å². The van der Waals surface area contributed by atoms with Crippen LogP contribution in [0.2, 0.25) is 0 Å². The summed E-state index contributed by atoms with van der Waals surface area (Å²) in [5.41, 5.74) is 11.1. The quantitative estimate of drug-likeness (QED) is 0.480. The number of benzene rings is 1. The van der Waals surface area contributed by atoms with Crippen molar-refractivity contribution >= 4 is 28.6 Å². The predicted molar refractivity (Wildman–Crippen MR) is 81.3 cm³/mol. The van der Waals surface area contributed by atoms with E-state index in [4.69, 9.17) is 11.5 Å². The Morgan fingerprint density at radius 2 is 2.10 bits per heavy atom. The van der Waals surface area contributed by atoms with Gasteiger partial charge in [0.25, 0.3) is 0 Å². The van der Waals surface area contributed by atoms with Crippen LogP contribution in [0.1, 0.15) is 19.8 Å². The number of hydrogen-bond acceptors (Lipinski definition) is 5. The lowest BCUT2D eigenvalue weighted by atomic mass is 9.97. The first kappa shape index (κ1) is 14.7. The average Bonchev–Trinajstić information content (AvgIpc) is 2.43. The van der Waals surface area contributed by atoms with Crippen molar-refractivity contribution in [3.8, 4) is 0 Å². The number of rotatable bonds is 6. The number of primary amides is 1. The Labute approximate surface area is 122 Å². The summed E-state index contributed by atoms with van der Waals surface area (Å²) in [5, 5.41) is 2.00. The highest BCUT2D eigenvalue weighted by Gasteiger charge is 2.24. The van der Waals surface area contributed by atoms with Gasteiger partial charge in [-0.15, -0.1) is 11.8 Å². The molecule has 1 heterocycles. The smallest absolute Gasteiger partial charge is 0.237 e. The van der Waals surface area contributed by atoms with Crippen LogP contribution in [-0.4, -0.2) is 27.2 Å². The third kappa shape index (κ3) is 3.46. The summed E-state index contributed by atoms with van der Waals surface area (Å²) >= 11 is 1.64. The Morgan fingerprint density at radius 3 is 2.85 bits per heavy atom. The lowest BCUT2D eigenvalue weighted by Gasteiger charge is -2.19. The fourth-order valence-corrected chi connectivity index (χ4v) is 2.76. The predicted octanol–water partition coefficient (Wildman–Crippen LogP) is 1.70. The zero-order chi connectivity index (χ0) is 14.6. The van der Waals surface area contributed by atoms with Crippen LogP contribution in [0.4, 0.5) is 0 Å². The van der Waals surface area contributed by atoms with Crippen LogP contribution in [-0.2, 0) is 4.79 Å². The number of aromatic nitrogens is 2. The van der Waals surface area contributed by atoms with Gasteiger partial charge in [0, 0.05) is 5.39 Å². The van der Waals surface area contributed by atoms with Gasteiger partial charge >= 0.3 is 0 Å². The van der Waals surface area contributed by atoms with Crippen LogP contribution in [0.5, 0.6) is 0 Å². The molecule has 0 radical (unpaired) electrons. The van der Waals surface area contributed by atoms with Crippen molar-refractivity contribution in [1.82, 2.24) is 9.97 Å². The van der Waals surface area contributed by atoms with Crippen LogP contribution < -0.4 is 11.5 Å². The van der Waals surface area contributed by atoms with Gasteiger partial charge in [0.1, 0.15) is 11.4 Å². The van der Waals surface area contributed by atoms with E-state index in [0.29, 0.717) is 6.42 Å². The molecule has 1 atom stereocenters. The Hall–Kier alpha value is -1.66. The second kappa shape index (κ2) is 6.19. The van der Waals surface area contributed by atoms with E-state index >= 15 is 0 Å². The maximum Gasteiger partial charge on any atom is 0.237 e. The summed E-state index contributed by atoms with van der Waals surface area (Å²) in [6.45, 7) is 1.67. The summed E-state index contributed by atoms with van der Waals surface area (Å²) in [7, 11) is 0. The third-order valence-electron chi connectivity index (χ3n) is 3.15. The van der Waals surface area contributed by atoms with Crippen LogP contribution in [0, 0.1) is 0 Å². The van der Waals surface area contributed by atoms with Crippen molar-refractivity contribution in [2.45, 2.75) is 30.3 Å². The van der Waals surface area contributed by atoms with Crippen molar-refractivity contribution in [2.75, 3.05) is 5.75 Å². The second-order valence-electron chi connectivity index (χ2n) is 4.93. The second-order valence-corrected chi connectivity index (χ2v) is 6.01. The number of fused-ring (bicyclic) bond motifs is 1. The van der Waals surface area contributed by atoms with Crippen molar-refractivity contribution in [3.05, 3.63) is 30.6 Å². The number of thioether (sulfide) groups is 1. The Balaban J connectivity index is 1.95. The van der Waals surface area contributed by atoms with E-state index in [1.165, 1.54) is 0 Å². The minimum Gasteiger partial charge on any atom is -0.368 e. The Morgan fingerprint density at radius 1 is 1.35 bits per heavy atom. The molecule has 0 aliphatic rings. The van der Waals surface area contributed by atoms with E-state index in [1.54, 1.807) is 25.0 Å². The third-order valence-corrected chi connectivity index (χ3v) is 4.24. The molecule has 2 aromatic rings. The molecule has 0 aliphatic heterocycles. The van der Waals surface area contributed by atoms with Crippen molar-refractivity contribution in [1.29, 1.82) is 0 Å². The van der Waals surface area contributed by atoms with E-state index < -0.39 is 11.4 Å². The first-order valence-electron chi connectivity index (χ1n) is 6.42. The maximum absolute atomic E-state index is 11.1. The van der Waals surface area contributed by atoms with Gasteiger partial charge < -0.3 is 11.5 Å². The highest BCUT2D eigenvalue weighted by Crippen LogP contribution is 2.25. The summed E-state index contributed by atoms with van der Waals surface area (Å²) < 4.78 is 0. The number of para-hydroxylation sites is 1. The van der Waals surface area contributed by atoms with Gasteiger partial charge in [-0.1, -0.05) is 18.2 Å². The highest BCUT2D eigenvalue weighted by molar-refractivity contribution is 7.99. The van der Waals surface area contributed by atoms with E-state index in [-0.39, 0.29) is 0 Å². The first-order valence-corrected chi connectivity index (χ1v) is 7.40. The molecule has 6 heteroatoms. The van der Waals surface area contributed by atoms with Gasteiger partial charge in [0.15, 0.2) is 0 Å². The van der Waals surface area contributed by atoms with Gasteiger partial charge in [0.05, 0.1) is 11.1 Å². The standard InChI is InChI=1S/C14H18N4OS/c1-14(16,13(15)19)7-4-8-20-12-10-5-2-3-6-11(10)17-9-18-12/h2-3,5-6,9H,4,7-8,16H2,1H3,(H2,15,19). The first-order chi connectivity index (χ1) is 9.50. The van der Waals surface area contributed by atoms with E-state index in [1.807, 2.05) is 24.3 Å². The molecule has 1 unspecified atom stereocenters.